The fourth-order valence-electron chi connectivity index (χ4n) is 6.39. The second-order valence-corrected chi connectivity index (χ2v) is 10.2. The number of rotatable bonds is 2. The van der Waals surface area contributed by atoms with Gasteiger partial charge in [0, 0.05) is 22.7 Å². The maximum Gasteiger partial charge on any atom is 0.153 e. The van der Waals surface area contributed by atoms with Crippen LogP contribution in [0.15, 0.2) is 128 Å². The lowest BCUT2D eigenvalue weighted by atomic mass is 9.87. The zero-order valence-electron chi connectivity index (χ0n) is 21.4. The number of para-hydroxylation sites is 4. The number of pyridine rings is 1. The van der Waals surface area contributed by atoms with Gasteiger partial charge in [-0.1, -0.05) is 91.0 Å². The first-order chi connectivity index (χ1) is 19.9. The number of hydrogen-bond donors (Lipinski definition) is 0. The van der Waals surface area contributed by atoms with Crippen molar-refractivity contribution in [2.75, 3.05) is 0 Å². The summed E-state index contributed by atoms with van der Waals surface area (Å²) in [6.07, 6.45) is 1.88. The van der Waals surface area contributed by atoms with Gasteiger partial charge in [-0.2, -0.15) is 0 Å². The van der Waals surface area contributed by atoms with Crippen molar-refractivity contribution in [1.29, 1.82) is 0 Å². The number of benzene rings is 6. The quantitative estimate of drug-likeness (QED) is 0.217. The molecule has 40 heavy (non-hydrogen) atoms. The van der Waals surface area contributed by atoms with Crippen LogP contribution in [0.3, 0.4) is 0 Å². The molecule has 0 saturated heterocycles. The van der Waals surface area contributed by atoms with Crippen molar-refractivity contribution in [1.82, 2.24) is 14.5 Å². The molecule has 0 amide bonds. The van der Waals surface area contributed by atoms with Crippen LogP contribution in [0, 0.1) is 0 Å². The van der Waals surface area contributed by atoms with E-state index in [1.807, 2.05) is 36.5 Å². The Balaban J connectivity index is 1.48. The summed E-state index contributed by atoms with van der Waals surface area (Å²) in [7, 11) is 0. The number of nitrogens with zero attached hydrogens (tertiary/aromatic N) is 3. The van der Waals surface area contributed by atoms with E-state index in [1.165, 1.54) is 16.3 Å². The minimum atomic E-state index is 0.821. The topological polar surface area (TPSA) is 39.9 Å². The number of ether oxygens (including phenoxy) is 1. The van der Waals surface area contributed by atoms with E-state index in [2.05, 4.69) is 95.6 Å². The van der Waals surface area contributed by atoms with Crippen molar-refractivity contribution in [3.05, 3.63) is 128 Å². The fourth-order valence-corrected chi connectivity index (χ4v) is 6.39. The lowest BCUT2D eigenvalue weighted by molar-refractivity contribution is 0.476. The van der Waals surface area contributed by atoms with Gasteiger partial charge in [0.05, 0.1) is 16.7 Å². The van der Waals surface area contributed by atoms with Gasteiger partial charge in [0.1, 0.15) is 11.3 Å². The van der Waals surface area contributed by atoms with E-state index in [9.17, 15) is 0 Å². The Morgan fingerprint density at radius 2 is 1.20 bits per heavy atom. The molecule has 2 aromatic heterocycles. The van der Waals surface area contributed by atoms with Crippen molar-refractivity contribution in [3.63, 3.8) is 0 Å². The summed E-state index contributed by atoms with van der Waals surface area (Å²) in [6.45, 7) is 0. The Morgan fingerprint density at radius 3 is 2.00 bits per heavy atom. The Bertz CT molecular complexity index is 2250. The van der Waals surface area contributed by atoms with Crippen LogP contribution in [0.4, 0.5) is 0 Å². The summed E-state index contributed by atoms with van der Waals surface area (Å²) in [6, 6.07) is 42.2. The SMILES string of the molecule is c1ccc2c(c1)Oc1cccc3nc(-c4c5ccccc5c(-c5cccc6cccnc56)c5ccccc45)n-2c13. The van der Waals surface area contributed by atoms with Crippen LogP contribution >= 0.6 is 0 Å². The average molecular weight is 512 g/mol. The van der Waals surface area contributed by atoms with Crippen LogP contribution in [0.25, 0.3) is 71.7 Å². The highest BCUT2D eigenvalue weighted by Gasteiger charge is 2.27. The monoisotopic (exact) mass is 511 g/mol. The van der Waals surface area contributed by atoms with Gasteiger partial charge in [-0.25, -0.2) is 4.98 Å². The first-order valence-corrected chi connectivity index (χ1v) is 13.4. The molecule has 0 N–H and O–H groups in total. The minimum absolute atomic E-state index is 0.821. The average Bonchev–Trinajstić information content (AvgIpc) is 3.40. The molecule has 0 unspecified atom stereocenters. The lowest BCUT2D eigenvalue weighted by Gasteiger charge is -2.22. The molecule has 186 valence electrons. The molecule has 1 aliphatic heterocycles. The summed E-state index contributed by atoms with van der Waals surface area (Å²) in [5.41, 5.74) is 7.34. The molecule has 0 radical (unpaired) electrons. The van der Waals surface area contributed by atoms with Crippen molar-refractivity contribution in [3.8, 4) is 39.7 Å². The third kappa shape index (κ3) is 2.85. The first-order valence-electron chi connectivity index (χ1n) is 13.4. The molecule has 0 saturated carbocycles. The molecule has 0 spiro atoms. The summed E-state index contributed by atoms with van der Waals surface area (Å²) in [5.74, 6) is 2.56. The summed E-state index contributed by atoms with van der Waals surface area (Å²) in [5, 5.41) is 5.79. The van der Waals surface area contributed by atoms with Crippen LogP contribution in [0.1, 0.15) is 0 Å². The second kappa shape index (κ2) is 8.01. The van der Waals surface area contributed by atoms with E-state index in [1.54, 1.807) is 0 Å². The minimum Gasteiger partial charge on any atom is -0.453 e. The number of imidazole rings is 1. The predicted octanol–water partition coefficient (Wildman–Crippen LogP) is 9.32. The van der Waals surface area contributed by atoms with Crippen LogP contribution in [-0.4, -0.2) is 14.5 Å². The van der Waals surface area contributed by atoms with Gasteiger partial charge in [-0.05, 0) is 57.4 Å². The van der Waals surface area contributed by atoms with Gasteiger partial charge in [-0.3, -0.25) is 9.55 Å². The largest absolute Gasteiger partial charge is 0.453 e. The smallest absolute Gasteiger partial charge is 0.153 e. The number of hydrogen-bond acceptors (Lipinski definition) is 3. The molecule has 0 atom stereocenters. The van der Waals surface area contributed by atoms with Crippen LogP contribution in [0.5, 0.6) is 11.5 Å². The van der Waals surface area contributed by atoms with E-state index in [4.69, 9.17) is 14.7 Å². The van der Waals surface area contributed by atoms with E-state index < -0.39 is 0 Å². The van der Waals surface area contributed by atoms with Crippen LogP contribution < -0.4 is 4.74 Å². The highest BCUT2D eigenvalue weighted by Crippen LogP contribution is 2.48. The van der Waals surface area contributed by atoms with E-state index in [0.29, 0.717) is 0 Å². The normalized spacial score (nSPS) is 12.2. The van der Waals surface area contributed by atoms with E-state index in [0.717, 1.165) is 66.8 Å². The van der Waals surface area contributed by atoms with Gasteiger partial charge in [0.25, 0.3) is 0 Å². The van der Waals surface area contributed by atoms with Crippen molar-refractivity contribution >= 4 is 43.5 Å². The van der Waals surface area contributed by atoms with Gasteiger partial charge < -0.3 is 4.74 Å². The van der Waals surface area contributed by atoms with Crippen molar-refractivity contribution in [2.45, 2.75) is 0 Å². The maximum absolute atomic E-state index is 6.32. The molecule has 0 aliphatic carbocycles. The molecule has 0 bridgehead atoms. The lowest BCUT2D eigenvalue weighted by Crippen LogP contribution is -2.06. The van der Waals surface area contributed by atoms with Crippen LogP contribution in [0.2, 0.25) is 0 Å². The number of aromatic nitrogens is 3. The maximum atomic E-state index is 6.32. The van der Waals surface area contributed by atoms with E-state index in [-0.39, 0.29) is 0 Å². The van der Waals surface area contributed by atoms with Gasteiger partial charge in [-0.15, -0.1) is 0 Å². The third-order valence-electron chi connectivity index (χ3n) is 8.02. The first kappa shape index (κ1) is 21.5. The van der Waals surface area contributed by atoms with Gasteiger partial charge in [0.15, 0.2) is 11.5 Å². The molecule has 4 heteroatoms. The molecular weight excluding hydrogens is 490 g/mol. The Kier molecular flexibility index (Phi) is 4.30. The molecule has 6 aromatic carbocycles. The zero-order valence-corrected chi connectivity index (χ0v) is 21.4. The molecule has 4 nitrogen and oxygen atoms in total. The standard InChI is InChI=1S/C36H21N3O/c1-3-14-25-23(12-1)32(27-16-7-10-22-11-9-21-37-34(22)27)24-13-2-4-15-26(24)33(25)36-38-28-17-8-20-31-35(28)39(36)29-18-5-6-19-30(29)40-31/h1-21H. The molecule has 8 aromatic rings. The third-order valence-corrected chi connectivity index (χ3v) is 8.02. The highest BCUT2D eigenvalue weighted by molar-refractivity contribution is 6.23. The Morgan fingerprint density at radius 1 is 0.550 bits per heavy atom. The van der Waals surface area contributed by atoms with Crippen LogP contribution in [-0.2, 0) is 0 Å². The molecule has 9 rings (SSSR count). The Hall–Kier alpha value is -5.48. The highest BCUT2D eigenvalue weighted by atomic mass is 16.5. The second-order valence-electron chi connectivity index (χ2n) is 10.2. The van der Waals surface area contributed by atoms with E-state index >= 15 is 0 Å². The predicted molar refractivity (Wildman–Crippen MR) is 162 cm³/mol. The summed E-state index contributed by atoms with van der Waals surface area (Å²) in [4.78, 5) is 10.1. The zero-order chi connectivity index (χ0) is 26.2. The van der Waals surface area contributed by atoms with Crippen molar-refractivity contribution in [2.24, 2.45) is 0 Å². The summed E-state index contributed by atoms with van der Waals surface area (Å²) >= 11 is 0. The number of fused-ring (bicyclic) bond motifs is 5. The van der Waals surface area contributed by atoms with Gasteiger partial charge in [0.2, 0.25) is 0 Å². The molecular formula is C36H21N3O. The van der Waals surface area contributed by atoms with Crippen molar-refractivity contribution < 1.29 is 4.74 Å². The Labute approximate surface area is 229 Å². The molecule has 0 fully saturated rings. The van der Waals surface area contributed by atoms with Gasteiger partial charge >= 0.3 is 0 Å². The fraction of sp³-hybridized carbons (Fsp3) is 0. The molecule has 1 aliphatic rings. The summed E-state index contributed by atoms with van der Waals surface area (Å²) < 4.78 is 8.60. The molecule has 3 heterocycles.